The van der Waals surface area contributed by atoms with Gasteiger partial charge in [-0.05, 0) is 47.8 Å². The van der Waals surface area contributed by atoms with E-state index < -0.39 is 0 Å². The van der Waals surface area contributed by atoms with Gasteiger partial charge in [-0.1, -0.05) is 0 Å². The number of ether oxygens (including phenoxy) is 1. The molecule has 0 saturated carbocycles. The van der Waals surface area contributed by atoms with Gasteiger partial charge in [0.2, 0.25) is 0 Å². The molecule has 2 rings (SSSR count). The predicted molar refractivity (Wildman–Crippen MR) is 68.5 cm³/mol. The van der Waals surface area contributed by atoms with Gasteiger partial charge in [0.25, 0.3) is 0 Å². The Bertz CT molecular complexity index is 461. The van der Waals surface area contributed by atoms with E-state index in [1.165, 1.54) is 7.11 Å². The normalized spacial score (nSPS) is 18.8. The van der Waals surface area contributed by atoms with Crippen molar-refractivity contribution >= 4 is 27.7 Å². The van der Waals surface area contributed by atoms with Gasteiger partial charge in [-0.3, -0.25) is 4.90 Å². The van der Waals surface area contributed by atoms with Crippen LogP contribution in [0.4, 0.5) is 10.5 Å². The number of phenolic OH excluding ortho intramolecular Hbond substituents is 1. The first kappa shape index (κ1) is 12.2. The number of carbonyl (C=O) groups excluding carboxylic acids is 1. The standard InChI is InChI=1S/C12H14BrNO3/c1-7-3-4-8-10(14(7)12(16)17-2)6-5-9(13)11(8)15/h5-7,15H,3-4H2,1-2H3. The second-order valence-corrected chi connectivity index (χ2v) is 4.98. The molecule has 0 fully saturated rings. The largest absolute Gasteiger partial charge is 0.506 e. The maximum atomic E-state index is 11.7. The number of rotatable bonds is 0. The molecule has 0 aliphatic carbocycles. The highest BCUT2D eigenvalue weighted by Gasteiger charge is 2.30. The van der Waals surface area contributed by atoms with E-state index in [0.717, 1.165) is 24.1 Å². The molecule has 1 aromatic carbocycles. The maximum absolute atomic E-state index is 11.7. The lowest BCUT2D eigenvalue weighted by atomic mass is 9.96. The number of amides is 1. The molecule has 0 aromatic heterocycles. The summed E-state index contributed by atoms with van der Waals surface area (Å²) in [6, 6.07) is 3.64. The smallest absolute Gasteiger partial charge is 0.414 e. The summed E-state index contributed by atoms with van der Waals surface area (Å²) in [7, 11) is 1.36. The van der Waals surface area contributed by atoms with Gasteiger partial charge in [-0.25, -0.2) is 4.79 Å². The van der Waals surface area contributed by atoms with E-state index in [1.807, 2.05) is 13.0 Å². The summed E-state index contributed by atoms with van der Waals surface area (Å²) < 4.78 is 5.43. The molecule has 4 nitrogen and oxygen atoms in total. The van der Waals surface area contributed by atoms with Crippen LogP contribution in [0.15, 0.2) is 16.6 Å². The van der Waals surface area contributed by atoms with Crippen LogP contribution in [0.1, 0.15) is 18.9 Å². The van der Waals surface area contributed by atoms with E-state index in [0.29, 0.717) is 4.47 Å². The van der Waals surface area contributed by atoms with E-state index >= 15 is 0 Å². The number of benzene rings is 1. The molecular weight excluding hydrogens is 286 g/mol. The first-order valence-corrected chi connectivity index (χ1v) is 6.23. The molecule has 1 aliphatic heterocycles. The average Bonchev–Trinajstić information content (AvgIpc) is 2.33. The third-order valence-corrected chi connectivity index (χ3v) is 3.73. The molecule has 0 radical (unpaired) electrons. The van der Waals surface area contributed by atoms with Gasteiger partial charge in [-0.2, -0.15) is 0 Å². The van der Waals surface area contributed by atoms with E-state index in [2.05, 4.69) is 15.9 Å². The van der Waals surface area contributed by atoms with Crippen LogP contribution < -0.4 is 4.90 Å². The number of hydrogen-bond donors (Lipinski definition) is 1. The number of methoxy groups -OCH3 is 1. The Kier molecular flexibility index (Phi) is 3.28. The van der Waals surface area contributed by atoms with Crippen molar-refractivity contribution < 1.29 is 14.6 Å². The lowest BCUT2D eigenvalue weighted by Gasteiger charge is -2.34. The molecule has 1 atom stereocenters. The monoisotopic (exact) mass is 299 g/mol. The quantitative estimate of drug-likeness (QED) is 0.801. The predicted octanol–water partition coefficient (Wildman–Crippen LogP) is 3.06. The molecule has 1 heterocycles. The minimum absolute atomic E-state index is 0.0792. The molecule has 0 spiro atoms. The van der Waals surface area contributed by atoms with Gasteiger partial charge >= 0.3 is 6.09 Å². The lowest BCUT2D eigenvalue weighted by molar-refractivity contribution is 0.175. The summed E-state index contributed by atoms with van der Waals surface area (Å²) in [5, 5.41) is 9.98. The number of fused-ring (bicyclic) bond motifs is 1. The van der Waals surface area contributed by atoms with Crippen molar-refractivity contribution in [1.82, 2.24) is 0 Å². The molecule has 92 valence electrons. The Labute approximate surface area is 108 Å². The summed E-state index contributed by atoms with van der Waals surface area (Å²) in [6.07, 6.45) is 1.18. The van der Waals surface area contributed by atoms with Crippen molar-refractivity contribution in [1.29, 1.82) is 0 Å². The third kappa shape index (κ3) is 1.99. The van der Waals surface area contributed by atoms with Crippen LogP contribution in [0.5, 0.6) is 5.75 Å². The zero-order valence-corrected chi connectivity index (χ0v) is 11.3. The molecule has 1 N–H and O–H groups in total. The zero-order valence-electron chi connectivity index (χ0n) is 9.74. The Balaban J connectivity index is 2.52. The van der Waals surface area contributed by atoms with Crippen molar-refractivity contribution in [2.24, 2.45) is 0 Å². The maximum Gasteiger partial charge on any atom is 0.414 e. The second kappa shape index (κ2) is 4.56. The highest BCUT2D eigenvalue weighted by atomic mass is 79.9. The van der Waals surface area contributed by atoms with Crippen LogP contribution in [0, 0.1) is 0 Å². The Hall–Kier alpha value is -1.23. The molecule has 0 bridgehead atoms. The number of halogens is 1. The van der Waals surface area contributed by atoms with Crippen molar-refractivity contribution in [3.8, 4) is 5.75 Å². The average molecular weight is 300 g/mol. The molecule has 0 saturated heterocycles. The van der Waals surface area contributed by atoms with E-state index in [-0.39, 0.29) is 17.9 Å². The molecule has 17 heavy (non-hydrogen) atoms. The lowest BCUT2D eigenvalue weighted by Crippen LogP contribution is -2.42. The fourth-order valence-corrected chi connectivity index (χ4v) is 2.54. The first-order chi connectivity index (χ1) is 8.06. The number of hydrogen-bond acceptors (Lipinski definition) is 3. The number of carbonyl (C=O) groups is 1. The van der Waals surface area contributed by atoms with Crippen molar-refractivity contribution in [2.45, 2.75) is 25.8 Å². The highest BCUT2D eigenvalue weighted by molar-refractivity contribution is 9.10. The number of nitrogens with zero attached hydrogens (tertiary/aromatic N) is 1. The van der Waals surface area contributed by atoms with E-state index in [9.17, 15) is 9.90 Å². The molecular formula is C12H14BrNO3. The van der Waals surface area contributed by atoms with Crippen molar-refractivity contribution in [2.75, 3.05) is 12.0 Å². The van der Waals surface area contributed by atoms with Crippen LogP contribution >= 0.6 is 15.9 Å². The summed E-state index contributed by atoms with van der Waals surface area (Å²) in [5.74, 6) is 0.211. The van der Waals surface area contributed by atoms with E-state index in [4.69, 9.17) is 4.74 Å². The van der Waals surface area contributed by atoms with Gasteiger partial charge in [0.1, 0.15) is 5.75 Å². The van der Waals surface area contributed by atoms with Gasteiger partial charge in [0.15, 0.2) is 0 Å². The fourth-order valence-electron chi connectivity index (χ4n) is 2.17. The summed E-state index contributed by atoms with van der Waals surface area (Å²) in [5.41, 5.74) is 1.53. The minimum Gasteiger partial charge on any atom is -0.506 e. The van der Waals surface area contributed by atoms with Gasteiger partial charge < -0.3 is 9.84 Å². The van der Waals surface area contributed by atoms with Crippen molar-refractivity contribution in [3.05, 3.63) is 22.2 Å². The molecule has 5 heteroatoms. The Morgan fingerprint density at radius 2 is 2.29 bits per heavy atom. The zero-order chi connectivity index (χ0) is 12.6. The molecule has 1 unspecified atom stereocenters. The van der Waals surface area contributed by atoms with Crippen LogP contribution in [0.25, 0.3) is 0 Å². The third-order valence-electron chi connectivity index (χ3n) is 3.09. The van der Waals surface area contributed by atoms with Crippen LogP contribution in [-0.4, -0.2) is 24.4 Å². The SMILES string of the molecule is COC(=O)N1c2ccc(Br)c(O)c2CCC1C. The van der Waals surface area contributed by atoms with Gasteiger partial charge in [0.05, 0.1) is 17.3 Å². The van der Waals surface area contributed by atoms with Gasteiger partial charge in [0, 0.05) is 11.6 Å². The summed E-state index contributed by atoms with van der Waals surface area (Å²) in [6.45, 7) is 1.97. The molecule has 1 amide bonds. The Morgan fingerprint density at radius 3 is 2.94 bits per heavy atom. The van der Waals surface area contributed by atoms with Crippen LogP contribution in [-0.2, 0) is 11.2 Å². The second-order valence-electron chi connectivity index (χ2n) is 4.12. The number of aromatic hydroxyl groups is 1. The van der Waals surface area contributed by atoms with Gasteiger partial charge in [-0.15, -0.1) is 0 Å². The van der Waals surface area contributed by atoms with Crippen LogP contribution in [0.3, 0.4) is 0 Å². The summed E-state index contributed by atoms with van der Waals surface area (Å²) >= 11 is 3.28. The van der Waals surface area contributed by atoms with Crippen molar-refractivity contribution in [3.63, 3.8) is 0 Å². The molecule has 1 aromatic rings. The summed E-state index contributed by atoms with van der Waals surface area (Å²) in [4.78, 5) is 13.3. The fraction of sp³-hybridized carbons (Fsp3) is 0.417. The first-order valence-electron chi connectivity index (χ1n) is 5.43. The number of phenols is 1. The van der Waals surface area contributed by atoms with E-state index in [1.54, 1.807) is 11.0 Å². The number of anilines is 1. The Morgan fingerprint density at radius 1 is 1.59 bits per heavy atom. The van der Waals surface area contributed by atoms with Crippen LogP contribution in [0.2, 0.25) is 0 Å². The minimum atomic E-state index is -0.389. The highest BCUT2D eigenvalue weighted by Crippen LogP contribution is 2.40. The molecule has 1 aliphatic rings. The topological polar surface area (TPSA) is 49.8 Å².